The van der Waals surface area contributed by atoms with Crippen molar-refractivity contribution in [3.8, 4) is 5.69 Å². The molecule has 1 aromatic carbocycles. The number of carbonyl (C=O) groups excluding carboxylic acids is 1. The molecule has 158 valence electrons. The second kappa shape index (κ2) is 8.79. The molecule has 0 aliphatic carbocycles. The SMILES string of the molecule is CC1CCCCN1CCNC(=O)Cn1c(=O)n(-c2ccc(F)cc2)c2ncccc21. The summed E-state index contributed by atoms with van der Waals surface area (Å²) >= 11 is 0. The second-order valence-electron chi connectivity index (χ2n) is 7.76. The lowest BCUT2D eigenvalue weighted by Gasteiger charge is -2.33. The lowest BCUT2D eigenvalue weighted by Crippen LogP contribution is -2.43. The number of fused-ring (bicyclic) bond motifs is 1. The Bertz CT molecular complexity index is 1090. The number of hydrogen-bond acceptors (Lipinski definition) is 4. The van der Waals surface area contributed by atoms with Crippen LogP contribution in [0.2, 0.25) is 0 Å². The maximum Gasteiger partial charge on any atom is 0.335 e. The summed E-state index contributed by atoms with van der Waals surface area (Å²) in [6.45, 7) is 4.55. The molecule has 1 fully saturated rings. The number of piperidine rings is 1. The fourth-order valence-electron chi connectivity index (χ4n) is 4.09. The van der Waals surface area contributed by atoms with Gasteiger partial charge in [0.15, 0.2) is 5.65 Å². The molecule has 1 unspecified atom stereocenters. The van der Waals surface area contributed by atoms with Crippen molar-refractivity contribution >= 4 is 17.1 Å². The highest BCUT2D eigenvalue weighted by molar-refractivity contribution is 5.80. The van der Waals surface area contributed by atoms with E-state index in [9.17, 15) is 14.0 Å². The predicted octanol–water partition coefficient (Wildman–Crippen LogP) is 2.32. The van der Waals surface area contributed by atoms with Gasteiger partial charge in [0.05, 0.1) is 11.2 Å². The molecule has 0 radical (unpaired) electrons. The van der Waals surface area contributed by atoms with Crippen LogP contribution in [0.25, 0.3) is 16.9 Å². The van der Waals surface area contributed by atoms with Gasteiger partial charge in [-0.05, 0) is 62.7 Å². The topological polar surface area (TPSA) is 72.2 Å². The van der Waals surface area contributed by atoms with Crippen molar-refractivity contribution in [1.82, 2.24) is 24.3 Å². The van der Waals surface area contributed by atoms with Crippen LogP contribution in [-0.4, -0.2) is 50.6 Å². The molecule has 1 amide bonds. The summed E-state index contributed by atoms with van der Waals surface area (Å²) < 4.78 is 16.1. The van der Waals surface area contributed by atoms with Crippen molar-refractivity contribution in [2.45, 2.75) is 38.8 Å². The average molecular weight is 411 g/mol. The third kappa shape index (κ3) is 4.14. The maximum atomic E-state index is 13.3. The van der Waals surface area contributed by atoms with Gasteiger partial charge < -0.3 is 5.32 Å². The van der Waals surface area contributed by atoms with Gasteiger partial charge in [0.2, 0.25) is 5.91 Å². The van der Waals surface area contributed by atoms with E-state index in [4.69, 9.17) is 0 Å². The standard InChI is InChI=1S/C22H26FN5O2/c1-16-5-2-3-13-26(16)14-12-24-20(29)15-27-19-6-4-11-25-21(19)28(22(27)30)18-9-7-17(23)8-10-18/h4,6-11,16H,2-3,5,12-15H2,1H3,(H,24,29). The highest BCUT2D eigenvalue weighted by atomic mass is 19.1. The number of benzene rings is 1. The minimum atomic E-state index is -0.383. The molecule has 7 nitrogen and oxygen atoms in total. The Kier molecular flexibility index (Phi) is 5.94. The number of nitrogens with zero attached hydrogens (tertiary/aromatic N) is 4. The minimum absolute atomic E-state index is 0.0925. The Morgan fingerprint density at radius 1 is 1.23 bits per heavy atom. The zero-order valence-electron chi connectivity index (χ0n) is 17.1. The van der Waals surface area contributed by atoms with Crippen LogP contribution in [0.3, 0.4) is 0 Å². The maximum absolute atomic E-state index is 13.3. The van der Waals surface area contributed by atoms with Crippen molar-refractivity contribution in [2.75, 3.05) is 19.6 Å². The van der Waals surface area contributed by atoms with Gasteiger partial charge in [-0.25, -0.2) is 18.7 Å². The second-order valence-corrected chi connectivity index (χ2v) is 7.76. The molecule has 1 aliphatic rings. The molecule has 2 aromatic heterocycles. The van der Waals surface area contributed by atoms with Crippen molar-refractivity contribution < 1.29 is 9.18 Å². The van der Waals surface area contributed by atoms with E-state index in [0.717, 1.165) is 13.1 Å². The molecule has 1 N–H and O–H groups in total. The van der Waals surface area contributed by atoms with Gasteiger partial charge in [0.25, 0.3) is 0 Å². The third-order valence-electron chi connectivity index (χ3n) is 5.74. The highest BCUT2D eigenvalue weighted by Crippen LogP contribution is 2.17. The fraction of sp³-hybridized carbons (Fsp3) is 0.409. The van der Waals surface area contributed by atoms with Crippen LogP contribution < -0.4 is 11.0 Å². The van der Waals surface area contributed by atoms with E-state index in [1.165, 1.54) is 52.7 Å². The number of rotatable bonds is 6. The predicted molar refractivity (Wildman–Crippen MR) is 113 cm³/mol. The first-order valence-electron chi connectivity index (χ1n) is 10.4. The van der Waals surface area contributed by atoms with Crippen LogP contribution in [0, 0.1) is 5.82 Å². The first-order chi connectivity index (χ1) is 14.5. The number of hydrogen-bond donors (Lipinski definition) is 1. The van der Waals surface area contributed by atoms with Crippen LogP contribution in [0.5, 0.6) is 0 Å². The van der Waals surface area contributed by atoms with Gasteiger partial charge in [0.1, 0.15) is 12.4 Å². The Morgan fingerprint density at radius 3 is 2.80 bits per heavy atom. The molecule has 0 saturated carbocycles. The molecule has 30 heavy (non-hydrogen) atoms. The van der Waals surface area contributed by atoms with E-state index in [0.29, 0.717) is 29.4 Å². The Hall–Kier alpha value is -3.00. The molecule has 4 rings (SSSR count). The van der Waals surface area contributed by atoms with E-state index < -0.39 is 0 Å². The number of carbonyl (C=O) groups is 1. The zero-order chi connectivity index (χ0) is 21.1. The van der Waals surface area contributed by atoms with Gasteiger partial charge in [-0.3, -0.25) is 14.3 Å². The summed E-state index contributed by atoms with van der Waals surface area (Å²) in [5.74, 6) is -0.602. The van der Waals surface area contributed by atoms with Crippen LogP contribution in [0.1, 0.15) is 26.2 Å². The largest absolute Gasteiger partial charge is 0.353 e. The molecule has 8 heteroatoms. The summed E-state index contributed by atoms with van der Waals surface area (Å²) in [5.41, 5.74) is 1.12. The monoisotopic (exact) mass is 411 g/mol. The molecule has 3 aromatic rings. The van der Waals surface area contributed by atoms with Crippen LogP contribution in [-0.2, 0) is 11.3 Å². The molecular weight excluding hydrogens is 385 g/mol. The van der Waals surface area contributed by atoms with E-state index >= 15 is 0 Å². The van der Waals surface area contributed by atoms with E-state index in [1.54, 1.807) is 18.3 Å². The summed E-state index contributed by atoms with van der Waals surface area (Å²) in [5, 5.41) is 2.93. The summed E-state index contributed by atoms with van der Waals surface area (Å²) in [7, 11) is 0. The number of aromatic nitrogens is 3. The number of imidazole rings is 1. The van der Waals surface area contributed by atoms with Crippen molar-refractivity contribution in [2.24, 2.45) is 0 Å². The lowest BCUT2D eigenvalue weighted by atomic mass is 10.0. The molecule has 0 spiro atoms. The minimum Gasteiger partial charge on any atom is -0.353 e. The first kappa shape index (κ1) is 20.3. The smallest absolute Gasteiger partial charge is 0.335 e. The van der Waals surface area contributed by atoms with Gasteiger partial charge in [-0.1, -0.05) is 6.42 Å². The van der Waals surface area contributed by atoms with Crippen LogP contribution in [0.15, 0.2) is 47.4 Å². The Morgan fingerprint density at radius 2 is 2.03 bits per heavy atom. The highest BCUT2D eigenvalue weighted by Gasteiger charge is 2.19. The summed E-state index contributed by atoms with van der Waals surface area (Å²) in [6.07, 6.45) is 5.24. The summed E-state index contributed by atoms with van der Waals surface area (Å²) in [6, 6.07) is 9.65. The molecular formula is C22H26FN5O2. The quantitative estimate of drug-likeness (QED) is 0.676. The molecule has 1 aliphatic heterocycles. The Labute approximate surface area is 174 Å². The van der Waals surface area contributed by atoms with E-state index in [-0.39, 0.29) is 24.0 Å². The normalized spacial score (nSPS) is 17.3. The number of amides is 1. The van der Waals surface area contributed by atoms with Gasteiger partial charge in [-0.2, -0.15) is 0 Å². The van der Waals surface area contributed by atoms with Crippen molar-refractivity contribution in [3.05, 3.63) is 58.9 Å². The Balaban J connectivity index is 1.51. The number of pyridine rings is 1. The van der Waals surface area contributed by atoms with E-state index in [1.807, 2.05) is 0 Å². The number of likely N-dealkylation sites (tertiary alicyclic amines) is 1. The number of nitrogens with one attached hydrogen (secondary N) is 1. The number of halogens is 1. The molecule has 1 atom stereocenters. The molecule has 1 saturated heterocycles. The van der Waals surface area contributed by atoms with E-state index in [2.05, 4.69) is 22.1 Å². The lowest BCUT2D eigenvalue weighted by molar-refractivity contribution is -0.121. The van der Waals surface area contributed by atoms with Gasteiger partial charge >= 0.3 is 5.69 Å². The molecule has 0 bridgehead atoms. The first-order valence-corrected chi connectivity index (χ1v) is 10.4. The fourth-order valence-corrected chi connectivity index (χ4v) is 4.09. The third-order valence-corrected chi connectivity index (χ3v) is 5.74. The van der Waals surface area contributed by atoms with Crippen LogP contribution >= 0.6 is 0 Å². The van der Waals surface area contributed by atoms with Crippen molar-refractivity contribution in [3.63, 3.8) is 0 Å². The summed E-state index contributed by atoms with van der Waals surface area (Å²) in [4.78, 5) is 32.3. The van der Waals surface area contributed by atoms with Crippen LogP contribution in [0.4, 0.5) is 4.39 Å². The molecule has 3 heterocycles. The van der Waals surface area contributed by atoms with Gasteiger partial charge in [0, 0.05) is 25.3 Å². The zero-order valence-corrected chi connectivity index (χ0v) is 17.1. The van der Waals surface area contributed by atoms with Crippen molar-refractivity contribution in [1.29, 1.82) is 0 Å². The van der Waals surface area contributed by atoms with Gasteiger partial charge in [-0.15, -0.1) is 0 Å². The average Bonchev–Trinajstić information content (AvgIpc) is 3.02.